The molecule has 0 atom stereocenters. The van der Waals surface area contributed by atoms with Gasteiger partial charge in [0.1, 0.15) is 0 Å². The number of carbonyl (C=O) groups is 2. The van der Waals surface area contributed by atoms with Crippen LogP contribution in [0.25, 0.3) is 11.4 Å². The molecule has 0 radical (unpaired) electrons. The van der Waals surface area contributed by atoms with E-state index in [0.29, 0.717) is 28.0 Å². The number of hydrogen-bond acceptors (Lipinski definition) is 6. The van der Waals surface area contributed by atoms with Gasteiger partial charge in [-0.1, -0.05) is 35.0 Å². The number of anilines is 1. The molecule has 2 aromatic carbocycles. The van der Waals surface area contributed by atoms with E-state index in [1.165, 1.54) is 7.11 Å². The summed E-state index contributed by atoms with van der Waals surface area (Å²) < 4.78 is 9.84. The van der Waals surface area contributed by atoms with Crippen molar-refractivity contribution in [1.82, 2.24) is 10.1 Å². The van der Waals surface area contributed by atoms with Crippen molar-refractivity contribution < 1.29 is 18.8 Å². The van der Waals surface area contributed by atoms with E-state index in [-0.39, 0.29) is 18.7 Å². The number of aromatic nitrogens is 2. The van der Waals surface area contributed by atoms with E-state index in [1.807, 2.05) is 6.07 Å². The highest BCUT2D eigenvalue weighted by Gasteiger charge is 2.12. The Kier molecular flexibility index (Phi) is 5.83. The molecular weight excluding hydrogens is 370 g/mol. The van der Waals surface area contributed by atoms with Crippen LogP contribution >= 0.6 is 11.6 Å². The highest BCUT2D eigenvalue weighted by atomic mass is 35.5. The molecule has 0 spiro atoms. The molecule has 0 aliphatic rings. The van der Waals surface area contributed by atoms with Gasteiger partial charge in [-0.15, -0.1) is 0 Å². The quantitative estimate of drug-likeness (QED) is 0.649. The van der Waals surface area contributed by atoms with Crippen LogP contribution in [-0.4, -0.2) is 29.1 Å². The highest BCUT2D eigenvalue weighted by molar-refractivity contribution is 6.30. The maximum Gasteiger partial charge on any atom is 0.337 e. The second-order valence-electron chi connectivity index (χ2n) is 5.64. The monoisotopic (exact) mass is 385 g/mol. The van der Waals surface area contributed by atoms with Gasteiger partial charge in [-0.05, 0) is 30.3 Å². The number of amides is 1. The number of benzene rings is 2. The predicted octanol–water partition coefficient (Wildman–Crippen LogP) is 3.75. The fourth-order valence-electron chi connectivity index (χ4n) is 2.39. The maximum atomic E-state index is 12.1. The first kappa shape index (κ1) is 18.6. The summed E-state index contributed by atoms with van der Waals surface area (Å²) in [4.78, 5) is 27.9. The van der Waals surface area contributed by atoms with Gasteiger partial charge >= 0.3 is 5.97 Å². The Labute approximate surface area is 160 Å². The Hall–Kier alpha value is -3.19. The van der Waals surface area contributed by atoms with Gasteiger partial charge in [0, 0.05) is 29.1 Å². The van der Waals surface area contributed by atoms with Crippen LogP contribution in [0.2, 0.25) is 5.02 Å². The molecule has 0 aliphatic carbocycles. The number of nitrogens with one attached hydrogen (secondary N) is 1. The van der Waals surface area contributed by atoms with Crippen molar-refractivity contribution in [2.45, 2.75) is 12.8 Å². The van der Waals surface area contributed by atoms with Gasteiger partial charge in [-0.3, -0.25) is 4.79 Å². The topological polar surface area (TPSA) is 94.3 Å². The fourth-order valence-corrected chi connectivity index (χ4v) is 2.58. The van der Waals surface area contributed by atoms with Crippen molar-refractivity contribution in [3.05, 3.63) is 65.0 Å². The summed E-state index contributed by atoms with van der Waals surface area (Å²) in [6, 6.07) is 13.6. The number of ether oxygens (including phenoxy) is 1. The van der Waals surface area contributed by atoms with Gasteiger partial charge < -0.3 is 14.6 Å². The molecule has 1 heterocycles. The lowest BCUT2D eigenvalue weighted by Crippen LogP contribution is -2.13. The number of nitrogens with zero attached hydrogens (tertiary/aromatic N) is 2. The molecule has 1 aromatic heterocycles. The molecule has 138 valence electrons. The zero-order valence-corrected chi connectivity index (χ0v) is 15.2. The molecule has 1 N–H and O–H groups in total. The Balaban J connectivity index is 1.58. The van der Waals surface area contributed by atoms with Crippen LogP contribution in [0.5, 0.6) is 0 Å². The number of aryl methyl sites for hydroxylation is 1. The lowest BCUT2D eigenvalue weighted by molar-refractivity contribution is -0.116. The lowest BCUT2D eigenvalue weighted by Gasteiger charge is -2.06. The van der Waals surface area contributed by atoms with Crippen molar-refractivity contribution >= 4 is 29.2 Å². The smallest absolute Gasteiger partial charge is 0.337 e. The van der Waals surface area contributed by atoms with E-state index in [2.05, 4.69) is 20.2 Å². The van der Waals surface area contributed by atoms with E-state index in [9.17, 15) is 9.59 Å². The van der Waals surface area contributed by atoms with Crippen LogP contribution < -0.4 is 5.32 Å². The van der Waals surface area contributed by atoms with E-state index in [1.54, 1.807) is 42.5 Å². The summed E-state index contributed by atoms with van der Waals surface area (Å²) >= 11 is 5.95. The highest BCUT2D eigenvalue weighted by Crippen LogP contribution is 2.20. The molecule has 0 unspecified atom stereocenters. The summed E-state index contributed by atoms with van der Waals surface area (Å²) in [6.45, 7) is 0. The minimum absolute atomic E-state index is 0.152. The van der Waals surface area contributed by atoms with Gasteiger partial charge in [0.25, 0.3) is 0 Å². The van der Waals surface area contributed by atoms with Crippen LogP contribution in [0, 0.1) is 0 Å². The van der Waals surface area contributed by atoms with Crippen molar-refractivity contribution in [3.8, 4) is 11.4 Å². The van der Waals surface area contributed by atoms with Crippen molar-refractivity contribution in [2.24, 2.45) is 0 Å². The fraction of sp³-hybridized carbons (Fsp3) is 0.158. The molecule has 0 saturated heterocycles. The van der Waals surface area contributed by atoms with E-state index in [0.717, 1.165) is 5.56 Å². The summed E-state index contributed by atoms with van der Waals surface area (Å²) in [5.74, 6) is 0.0622. The van der Waals surface area contributed by atoms with Crippen LogP contribution in [0.4, 0.5) is 5.69 Å². The third kappa shape index (κ3) is 4.92. The summed E-state index contributed by atoms with van der Waals surface area (Å²) in [5.41, 5.74) is 1.60. The van der Waals surface area contributed by atoms with E-state index in [4.69, 9.17) is 16.1 Å². The van der Waals surface area contributed by atoms with Crippen LogP contribution in [0.1, 0.15) is 22.7 Å². The third-order valence-corrected chi connectivity index (χ3v) is 3.92. The number of hydrogen-bond donors (Lipinski definition) is 1. The van der Waals surface area contributed by atoms with Crippen LogP contribution in [0.3, 0.4) is 0 Å². The average molecular weight is 386 g/mol. The van der Waals surface area contributed by atoms with Crippen molar-refractivity contribution in [1.29, 1.82) is 0 Å². The average Bonchev–Trinajstić information content (AvgIpc) is 3.15. The number of carbonyl (C=O) groups excluding carboxylic acids is 2. The molecule has 3 aromatic rings. The molecule has 0 bridgehead atoms. The predicted molar refractivity (Wildman–Crippen MR) is 99.5 cm³/mol. The third-order valence-electron chi connectivity index (χ3n) is 3.68. The van der Waals surface area contributed by atoms with Gasteiger partial charge in [-0.2, -0.15) is 4.98 Å². The molecule has 27 heavy (non-hydrogen) atoms. The van der Waals surface area contributed by atoms with Gasteiger partial charge in [0.05, 0.1) is 12.7 Å². The summed E-state index contributed by atoms with van der Waals surface area (Å²) in [5, 5.41) is 7.20. The molecular formula is C19H16ClN3O4. The molecule has 0 aliphatic heterocycles. The first-order valence-electron chi connectivity index (χ1n) is 8.12. The van der Waals surface area contributed by atoms with E-state index >= 15 is 0 Å². The summed E-state index contributed by atoms with van der Waals surface area (Å²) in [7, 11) is 1.30. The normalized spacial score (nSPS) is 10.4. The van der Waals surface area contributed by atoms with Gasteiger partial charge in [0.15, 0.2) is 0 Å². The molecule has 0 fully saturated rings. The first-order valence-corrected chi connectivity index (χ1v) is 8.49. The minimum Gasteiger partial charge on any atom is -0.465 e. The lowest BCUT2D eigenvalue weighted by atomic mass is 10.2. The zero-order chi connectivity index (χ0) is 19.2. The second kappa shape index (κ2) is 8.46. The zero-order valence-electron chi connectivity index (χ0n) is 14.4. The van der Waals surface area contributed by atoms with Gasteiger partial charge in [-0.25, -0.2) is 4.79 Å². The number of esters is 1. The largest absolute Gasteiger partial charge is 0.465 e. The Morgan fingerprint density at radius 3 is 2.78 bits per heavy atom. The number of rotatable bonds is 6. The molecule has 8 heteroatoms. The van der Waals surface area contributed by atoms with Crippen molar-refractivity contribution in [3.63, 3.8) is 0 Å². The number of methoxy groups -OCH3 is 1. The Bertz CT molecular complexity index is 971. The molecule has 0 saturated carbocycles. The Morgan fingerprint density at radius 2 is 2.00 bits per heavy atom. The second-order valence-corrected chi connectivity index (χ2v) is 6.08. The van der Waals surface area contributed by atoms with Crippen molar-refractivity contribution in [2.75, 3.05) is 12.4 Å². The Morgan fingerprint density at radius 1 is 1.19 bits per heavy atom. The molecule has 3 rings (SSSR count). The number of halogens is 1. The SMILES string of the molecule is COC(=O)c1cccc(NC(=O)CCc2nc(-c3cccc(Cl)c3)no2)c1. The minimum atomic E-state index is -0.467. The standard InChI is InChI=1S/C19H16ClN3O4/c1-26-19(25)13-5-3-7-15(11-13)21-16(24)8-9-17-22-18(23-27-17)12-4-2-6-14(20)10-12/h2-7,10-11H,8-9H2,1H3,(H,21,24). The molecule has 7 nitrogen and oxygen atoms in total. The van der Waals surface area contributed by atoms with Crippen LogP contribution in [0.15, 0.2) is 53.1 Å². The first-order chi connectivity index (χ1) is 13.0. The summed E-state index contributed by atoms with van der Waals surface area (Å²) in [6.07, 6.45) is 0.440. The molecule has 1 amide bonds. The van der Waals surface area contributed by atoms with E-state index < -0.39 is 5.97 Å². The van der Waals surface area contributed by atoms with Crippen LogP contribution in [-0.2, 0) is 16.0 Å². The maximum absolute atomic E-state index is 12.1. The van der Waals surface area contributed by atoms with Gasteiger partial charge in [0.2, 0.25) is 17.6 Å².